The largest absolute Gasteiger partial charge is 0.381 e. The van der Waals surface area contributed by atoms with E-state index in [-0.39, 0.29) is 12.5 Å². The van der Waals surface area contributed by atoms with Crippen LogP contribution in [0.25, 0.3) is 22.8 Å². The van der Waals surface area contributed by atoms with E-state index in [1.54, 1.807) is 24.4 Å². The van der Waals surface area contributed by atoms with Crippen LogP contribution in [0.15, 0.2) is 24.8 Å². The Labute approximate surface area is 185 Å². The molecule has 0 radical (unpaired) electrons. The molecule has 10 nitrogen and oxygen atoms in total. The number of hydrogen-bond donors (Lipinski definition) is 2. The highest BCUT2D eigenvalue weighted by Gasteiger charge is 2.31. The van der Waals surface area contributed by atoms with Crippen LogP contribution in [-0.4, -0.2) is 62.3 Å². The zero-order valence-corrected chi connectivity index (χ0v) is 18.2. The number of nitrogens with zero attached hydrogens (tertiary/aromatic N) is 6. The lowest BCUT2D eigenvalue weighted by atomic mass is 9.87. The molecule has 32 heavy (non-hydrogen) atoms. The number of ether oxygens (including phenoxy) is 1. The molecule has 0 spiro atoms. The molecule has 3 aromatic rings. The number of anilines is 2. The summed E-state index contributed by atoms with van der Waals surface area (Å²) in [6.45, 7) is 2.89. The Morgan fingerprint density at radius 1 is 1.12 bits per heavy atom. The van der Waals surface area contributed by atoms with Crippen molar-refractivity contribution < 1.29 is 9.53 Å². The van der Waals surface area contributed by atoms with Gasteiger partial charge in [-0.05, 0) is 50.2 Å². The number of carbonyl (C=O) groups excluding carboxylic acids is 1. The number of aryl methyl sites for hydroxylation is 1. The minimum absolute atomic E-state index is 0.0216. The van der Waals surface area contributed by atoms with Gasteiger partial charge in [-0.25, -0.2) is 15.0 Å². The molecule has 0 atom stereocenters. The predicted molar refractivity (Wildman–Crippen MR) is 119 cm³/mol. The maximum atomic E-state index is 12.8. The predicted octanol–water partition coefficient (Wildman–Crippen LogP) is 2.60. The van der Waals surface area contributed by atoms with Crippen LogP contribution in [0.4, 0.5) is 11.6 Å². The second-order valence-corrected chi connectivity index (χ2v) is 8.38. The summed E-state index contributed by atoms with van der Waals surface area (Å²) in [7, 11) is 1.77. The number of fused-ring (bicyclic) bond motifs is 1. The average Bonchev–Trinajstić information content (AvgIpc) is 3.36. The van der Waals surface area contributed by atoms with Gasteiger partial charge in [-0.1, -0.05) is 0 Å². The molecule has 10 heteroatoms. The second-order valence-electron chi connectivity index (χ2n) is 8.38. The molecule has 2 aliphatic rings. The van der Waals surface area contributed by atoms with Crippen molar-refractivity contribution in [2.75, 3.05) is 30.4 Å². The number of pyridine rings is 1. The highest BCUT2D eigenvalue weighted by molar-refractivity contribution is 6.01. The molecule has 0 saturated heterocycles. The third-order valence-electron chi connectivity index (χ3n) is 6.33. The SMILES string of the molecule is COC1CCC(CN2C(=O)CNc3ncc(-c4cnc(-c5ncn[nH]5)cc4C)nc32)CC1. The average molecular weight is 435 g/mol. The van der Waals surface area contributed by atoms with Crippen LogP contribution in [0.3, 0.4) is 0 Å². The maximum Gasteiger partial charge on any atom is 0.247 e. The van der Waals surface area contributed by atoms with E-state index in [4.69, 9.17) is 9.72 Å². The lowest BCUT2D eigenvalue weighted by molar-refractivity contribution is -0.117. The van der Waals surface area contributed by atoms with Crippen LogP contribution < -0.4 is 10.2 Å². The minimum atomic E-state index is 0.0216. The Bertz CT molecular complexity index is 1110. The Hall–Kier alpha value is -3.40. The first kappa shape index (κ1) is 20.5. The molecular formula is C22H26N8O2. The highest BCUT2D eigenvalue weighted by atomic mass is 16.5. The fourth-order valence-corrected chi connectivity index (χ4v) is 4.47. The number of hydrogen-bond acceptors (Lipinski definition) is 8. The van der Waals surface area contributed by atoms with Crippen molar-refractivity contribution in [1.82, 2.24) is 30.1 Å². The Balaban J connectivity index is 1.42. The minimum Gasteiger partial charge on any atom is -0.381 e. The Morgan fingerprint density at radius 3 is 2.69 bits per heavy atom. The molecule has 0 bridgehead atoms. The smallest absolute Gasteiger partial charge is 0.247 e. The van der Waals surface area contributed by atoms with Gasteiger partial charge in [0.05, 0.1) is 24.5 Å². The van der Waals surface area contributed by atoms with Gasteiger partial charge in [0.25, 0.3) is 0 Å². The molecule has 4 heterocycles. The first-order valence-electron chi connectivity index (χ1n) is 10.9. The Morgan fingerprint density at radius 2 is 1.97 bits per heavy atom. The topological polar surface area (TPSA) is 122 Å². The van der Waals surface area contributed by atoms with Gasteiger partial charge in [-0.2, -0.15) is 5.10 Å². The summed E-state index contributed by atoms with van der Waals surface area (Å²) in [6, 6.07) is 1.94. The molecule has 1 aliphatic heterocycles. The van der Waals surface area contributed by atoms with Crippen LogP contribution in [0, 0.1) is 12.8 Å². The van der Waals surface area contributed by atoms with Crippen LogP contribution >= 0.6 is 0 Å². The normalized spacial score (nSPS) is 20.7. The summed E-state index contributed by atoms with van der Waals surface area (Å²) in [4.78, 5) is 32.7. The van der Waals surface area contributed by atoms with Crippen molar-refractivity contribution in [1.29, 1.82) is 0 Å². The number of aromatic amines is 1. The van der Waals surface area contributed by atoms with Gasteiger partial charge in [-0.3, -0.25) is 19.8 Å². The molecule has 0 aromatic carbocycles. The van der Waals surface area contributed by atoms with Gasteiger partial charge in [0.2, 0.25) is 5.91 Å². The van der Waals surface area contributed by atoms with Crippen molar-refractivity contribution in [2.45, 2.75) is 38.7 Å². The molecule has 5 rings (SSSR count). The quantitative estimate of drug-likeness (QED) is 0.628. The van der Waals surface area contributed by atoms with E-state index in [0.29, 0.717) is 47.4 Å². The molecule has 3 aromatic heterocycles. The van der Waals surface area contributed by atoms with Crippen LogP contribution in [0.1, 0.15) is 31.2 Å². The molecular weight excluding hydrogens is 408 g/mol. The van der Waals surface area contributed by atoms with Gasteiger partial charge in [0.15, 0.2) is 17.5 Å². The van der Waals surface area contributed by atoms with Crippen molar-refractivity contribution >= 4 is 17.5 Å². The number of rotatable bonds is 5. The molecule has 0 unspecified atom stereocenters. The van der Waals surface area contributed by atoms with Crippen LogP contribution in [0.5, 0.6) is 0 Å². The lowest BCUT2D eigenvalue weighted by Crippen LogP contribution is -2.44. The molecule has 1 aliphatic carbocycles. The zero-order valence-electron chi connectivity index (χ0n) is 18.2. The van der Waals surface area contributed by atoms with Gasteiger partial charge >= 0.3 is 0 Å². The fraction of sp³-hybridized carbons (Fsp3) is 0.455. The number of H-pyrrole nitrogens is 1. The fourth-order valence-electron chi connectivity index (χ4n) is 4.47. The third kappa shape index (κ3) is 3.93. The molecule has 1 saturated carbocycles. The molecule has 2 N–H and O–H groups in total. The van der Waals surface area contributed by atoms with Crippen LogP contribution in [0.2, 0.25) is 0 Å². The summed E-state index contributed by atoms with van der Waals surface area (Å²) in [5.74, 6) is 2.30. The highest BCUT2D eigenvalue weighted by Crippen LogP contribution is 2.33. The summed E-state index contributed by atoms with van der Waals surface area (Å²) in [5, 5.41) is 9.80. The summed E-state index contributed by atoms with van der Waals surface area (Å²) < 4.78 is 5.49. The summed E-state index contributed by atoms with van der Waals surface area (Å²) in [5.41, 5.74) is 3.24. The number of aromatic nitrogens is 6. The molecule has 1 amide bonds. The van der Waals surface area contributed by atoms with E-state index < -0.39 is 0 Å². The molecule has 166 valence electrons. The first-order valence-corrected chi connectivity index (χ1v) is 10.9. The Kier molecular flexibility index (Phi) is 5.52. The van der Waals surface area contributed by atoms with Gasteiger partial charge in [0.1, 0.15) is 12.0 Å². The summed E-state index contributed by atoms with van der Waals surface area (Å²) >= 11 is 0. The number of carbonyl (C=O) groups is 1. The zero-order chi connectivity index (χ0) is 22.1. The van der Waals surface area contributed by atoms with Crippen molar-refractivity contribution in [3.63, 3.8) is 0 Å². The standard InChI is InChI=1S/C22H26N8O2/c1-13-7-17(20-26-12-27-29-20)23-8-16(13)18-9-24-21-22(28-18)30(19(31)10-25-21)11-14-3-5-15(32-2)6-4-14/h7-9,12,14-15H,3-6,10-11H2,1-2H3,(H,24,25)(H,26,27,29). The number of amides is 1. The number of methoxy groups -OCH3 is 1. The maximum absolute atomic E-state index is 12.8. The van der Waals surface area contributed by atoms with Crippen molar-refractivity contribution in [3.8, 4) is 22.8 Å². The first-order chi connectivity index (χ1) is 15.6. The third-order valence-corrected chi connectivity index (χ3v) is 6.33. The number of nitrogens with one attached hydrogen (secondary N) is 2. The lowest BCUT2D eigenvalue weighted by Gasteiger charge is -2.34. The second kappa shape index (κ2) is 8.62. The monoisotopic (exact) mass is 434 g/mol. The summed E-state index contributed by atoms with van der Waals surface area (Å²) in [6.07, 6.45) is 9.42. The van der Waals surface area contributed by atoms with E-state index in [1.165, 1.54) is 6.33 Å². The van der Waals surface area contributed by atoms with E-state index in [0.717, 1.165) is 36.8 Å². The van der Waals surface area contributed by atoms with Crippen LogP contribution in [-0.2, 0) is 9.53 Å². The van der Waals surface area contributed by atoms with Gasteiger partial charge in [-0.15, -0.1) is 0 Å². The van der Waals surface area contributed by atoms with E-state index in [9.17, 15) is 4.79 Å². The van der Waals surface area contributed by atoms with Gasteiger partial charge in [0, 0.05) is 25.4 Å². The van der Waals surface area contributed by atoms with E-state index in [2.05, 4.69) is 30.5 Å². The molecule has 1 fully saturated rings. The van der Waals surface area contributed by atoms with Crippen molar-refractivity contribution in [3.05, 3.63) is 30.4 Å². The van der Waals surface area contributed by atoms with Gasteiger partial charge < -0.3 is 10.1 Å². The van der Waals surface area contributed by atoms with E-state index in [1.807, 2.05) is 13.0 Å². The van der Waals surface area contributed by atoms with E-state index >= 15 is 0 Å². The van der Waals surface area contributed by atoms with Crippen molar-refractivity contribution in [2.24, 2.45) is 5.92 Å².